The number of benzene rings is 1. The molecule has 2 saturated carbocycles. The molecule has 2 aliphatic rings. The number of rotatable bonds is 6. The summed E-state index contributed by atoms with van der Waals surface area (Å²) in [6.07, 6.45) is 3.39. The van der Waals surface area contributed by atoms with Gasteiger partial charge in [0, 0.05) is 12.2 Å². The highest BCUT2D eigenvalue weighted by atomic mass is 35.5. The first-order chi connectivity index (χ1) is 19.1. The molecule has 7 nitrogen and oxygen atoms in total. The predicted octanol–water partition coefficient (Wildman–Crippen LogP) is 7.79. The largest absolute Gasteiger partial charge is 0.418 e. The number of carbonyl (C=O) groups excluding carboxylic acids is 1. The first kappa shape index (κ1) is 33.0. The van der Waals surface area contributed by atoms with Crippen molar-refractivity contribution in [2.45, 2.75) is 66.0 Å². The normalized spacial score (nSPS) is 13.3. The fourth-order valence-corrected chi connectivity index (χ4v) is 3.14. The van der Waals surface area contributed by atoms with Crippen molar-refractivity contribution in [2.24, 2.45) is 5.92 Å². The van der Waals surface area contributed by atoms with E-state index in [1.165, 1.54) is 32.1 Å². The number of nitrogens with one attached hydrogen (secondary N) is 2. The third-order valence-corrected chi connectivity index (χ3v) is 5.65. The highest BCUT2D eigenvalue weighted by molar-refractivity contribution is 6.29. The van der Waals surface area contributed by atoms with Gasteiger partial charge in [0.25, 0.3) is 5.91 Å². The zero-order valence-corrected chi connectivity index (χ0v) is 24.0. The standard InChI is InChI=1S/C20H17ClF3N5O2.C4H8.C3H6.C2H6/c1-11-2-3-14(27-19(31)16-8-13(10-26-29-16)20(22,23)24)9-15(11)12-6-17(21)28-18(7-12)25-4-5-30;1-4-2-3-4;1-2-3-1;1-2/h2-3,6-10,30H,4-5H2,1H3,(H,25,28)(H,27,31);4H,2-3H2,1H3;1-3H2;1-2H3. The quantitative estimate of drug-likeness (QED) is 0.258. The van der Waals surface area contributed by atoms with Crippen LogP contribution in [0.2, 0.25) is 5.15 Å². The lowest BCUT2D eigenvalue weighted by molar-refractivity contribution is -0.137. The molecule has 3 N–H and O–H groups in total. The van der Waals surface area contributed by atoms with E-state index in [9.17, 15) is 18.0 Å². The molecule has 3 aromatic rings. The van der Waals surface area contributed by atoms with Crippen molar-refractivity contribution in [1.82, 2.24) is 15.2 Å². The molecule has 0 unspecified atom stereocenters. The van der Waals surface area contributed by atoms with Crippen molar-refractivity contribution in [3.8, 4) is 11.1 Å². The van der Waals surface area contributed by atoms with Crippen LogP contribution in [0.25, 0.3) is 11.1 Å². The Balaban J connectivity index is 0.000000531. The van der Waals surface area contributed by atoms with Crippen LogP contribution in [-0.4, -0.2) is 39.3 Å². The second-order valence-electron chi connectivity index (χ2n) is 9.27. The number of pyridine rings is 1. The van der Waals surface area contributed by atoms with Crippen molar-refractivity contribution in [3.05, 3.63) is 64.6 Å². The third kappa shape index (κ3) is 11.9. The fourth-order valence-electron chi connectivity index (χ4n) is 2.93. The van der Waals surface area contributed by atoms with Crippen molar-refractivity contribution in [3.63, 3.8) is 0 Å². The summed E-state index contributed by atoms with van der Waals surface area (Å²) in [5.74, 6) is 0.719. The fraction of sp³-hybridized carbons (Fsp3) is 0.448. The maximum Gasteiger partial charge on any atom is 0.418 e. The molecule has 0 aliphatic heterocycles. The molecule has 40 heavy (non-hydrogen) atoms. The van der Waals surface area contributed by atoms with Crippen molar-refractivity contribution < 1.29 is 23.1 Å². The lowest BCUT2D eigenvalue weighted by Gasteiger charge is -2.13. The van der Waals surface area contributed by atoms with Crippen LogP contribution in [0, 0.1) is 12.8 Å². The van der Waals surface area contributed by atoms with Gasteiger partial charge in [-0.25, -0.2) is 4.98 Å². The predicted molar refractivity (Wildman–Crippen MR) is 154 cm³/mol. The Bertz CT molecular complexity index is 1230. The minimum atomic E-state index is -4.63. The number of aliphatic hydroxyl groups is 1. The third-order valence-electron chi connectivity index (χ3n) is 5.45. The summed E-state index contributed by atoms with van der Waals surface area (Å²) in [5, 5.41) is 21.4. The summed E-state index contributed by atoms with van der Waals surface area (Å²) in [6.45, 7) is 8.34. The van der Waals surface area contributed by atoms with Crippen molar-refractivity contribution in [1.29, 1.82) is 0 Å². The minimum absolute atomic E-state index is 0.0809. The van der Waals surface area contributed by atoms with Gasteiger partial charge in [-0.1, -0.05) is 70.5 Å². The molecule has 2 heterocycles. The summed E-state index contributed by atoms with van der Waals surface area (Å²) >= 11 is 6.10. The molecule has 0 radical (unpaired) electrons. The average Bonchev–Trinajstić information content (AvgIpc) is 3.86. The zero-order valence-electron chi connectivity index (χ0n) is 23.3. The highest BCUT2D eigenvalue weighted by Gasteiger charge is 2.32. The molecule has 2 aliphatic carbocycles. The van der Waals surface area contributed by atoms with Crippen LogP contribution in [0.15, 0.2) is 42.6 Å². The molecule has 0 atom stereocenters. The van der Waals surface area contributed by atoms with E-state index in [0.29, 0.717) is 35.9 Å². The van der Waals surface area contributed by atoms with Gasteiger partial charge < -0.3 is 15.7 Å². The van der Waals surface area contributed by atoms with Crippen LogP contribution in [0.3, 0.4) is 0 Å². The minimum Gasteiger partial charge on any atom is -0.395 e. The Hall–Kier alpha value is -3.24. The van der Waals surface area contributed by atoms with Crippen LogP contribution in [0.5, 0.6) is 0 Å². The monoisotopic (exact) mass is 579 g/mol. The molecule has 0 saturated heterocycles. The number of hydrogen-bond acceptors (Lipinski definition) is 6. The molecule has 11 heteroatoms. The van der Waals surface area contributed by atoms with Gasteiger partial charge in [0.05, 0.1) is 18.4 Å². The highest BCUT2D eigenvalue weighted by Crippen LogP contribution is 2.31. The summed E-state index contributed by atoms with van der Waals surface area (Å²) < 4.78 is 38.6. The summed E-state index contributed by atoms with van der Waals surface area (Å²) in [7, 11) is 0. The number of alkyl halides is 3. The van der Waals surface area contributed by atoms with Crippen LogP contribution >= 0.6 is 11.6 Å². The Kier molecular flexibility index (Phi) is 13.3. The van der Waals surface area contributed by atoms with E-state index in [1.54, 1.807) is 30.3 Å². The van der Waals surface area contributed by atoms with Crippen LogP contribution in [0.4, 0.5) is 24.7 Å². The van der Waals surface area contributed by atoms with Gasteiger partial charge in [-0.15, -0.1) is 5.10 Å². The maximum atomic E-state index is 12.9. The number of nitrogens with zero attached hydrogens (tertiary/aromatic N) is 3. The van der Waals surface area contributed by atoms with Gasteiger partial charge in [0.1, 0.15) is 11.0 Å². The van der Waals surface area contributed by atoms with E-state index in [1.807, 2.05) is 20.8 Å². The van der Waals surface area contributed by atoms with E-state index >= 15 is 0 Å². The number of carbonyl (C=O) groups is 1. The smallest absolute Gasteiger partial charge is 0.395 e. The van der Waals surface area contributed by atoms with Crippen LogP contribution in [-0.2, 0) is 6.18 Å². The van der Waals surface area contributed by atoms with Crippen LogP contribution in [0.1, 0.15) is 74.5 Å². The Morgan fingerprint density at radius 1 is 1.10 bits per heavy atom. The van der Waals surface area contributed by atoms with E-state index in [-0.39, 0.29) is 11.8 Å². The topological polar surface area (TPSA) is 100 Å². The van der Waals surface area contributed by atoms with E-state index in [0.717, 1.165) is 17.0 Å². The molecule has 218 valence electrons. The SMILES string of the molecule is C1CC1.CC.CC1CC1.Cc1ccc(NC(=O)c2cc(C(F)(F)F)cnn2)cc1-c1cc(Cl)nc(NCCO)c1. The molecule has 0 spiro atoms. The number of hydrogen-bond donors (Lipinski definition) is 3. The molecule has 1 aromatic carbocycles. The number of aryl methyl sites for hydroxylation is 1. The second kappa shape index (κ2) is 16.1. The van der Waals surface area contributed by atoms with Gasteiger partial charge >= 0.3 is 6.18 Å². The molecular weight excluding hydrogens is 543 g/mol. The zero-order chi connectivity index (χ0) is 29.7. The molecule has 1 amide bonds. The summed E-state index contributed by atoms with van der Waals surface area (Å²) in [6, 6.07) is 9.03. The molecule has 5 rings (SSSR count). The Morgan fingerprint density at radius 2 is 1.75 bits per heavy atom. The number of aliphatic hydroxyl groups excluding tert-OH is 1. The first-order valence-corrected chi connectivity index (χ1v) is 13.8. The van der Waals surface area contributed by atoms with E-state index in [4.69, 9.17) is 16.7 Å². The number of amides is 1. The van der Waals surface area contributed by atoms with Gasteiger partial charge in [-0.3, -0.25) is 4.79 Å². The maximum absolute atomic E-state index is 12.9. The van der Waals surface area contributed by atoms with Crippen molar-refractivity contribution >= 4 is 29.0 Å². The lowest BCUT2D eigenvalue weighted by Crippen LogP contribution is -2.16. The first-order valence-electron chi connectivity index (χ1n) is 13.4. The van der Waals surface area contributed by atoms with Crippen molar-refractivity contribution in [2.75, 3.05) is 23.8 Å². The molecular formula is C29H37ClF3N5O2. The molecule has 0 bridgehead atoms. The van der Waals surface area contributed by atoms with Gasteiger partial charge in [-0.2, -0.15) is 18.3 Å². The van der Waals surface area contributed by atoms with Gasteiger partial charge in [-0.05, 0) is 59.9 Å². The summed E-state index contributed by atoms with van der Waals surface area (Å²) in [5.41, 5.74) is 1.12. The lowest BCUT2D eigenvalue weighted by atomic mass is 10.0. The second-order valence-corrected chi connectivity index (χ2v) is 9.66. The van der Waals surface area contributed by atoms with Gasteiger partial charge in [0.2, 0.25) is 0 Å². The number of aromatic nitrogens is 3. The average molecular weight is 580 g/mol. The Morgan fingerprint density at radius 3 is 2.30 bits per heavy atom. The molecule has 2 fully saturated rings. The van der Waals surface area contributed by atoms with E-state index < -0.39 is 23.3 Å². The van der Waals surface area contributed by atoms with E-state index in [2.05, 4.69) is 32.7 Å². The Labute approximate surface area is 238 Å². The molecule has 2 aromatic heterocycles. The summed E-state index contributed by atoms with van der Waals surface area (Å²) in [4.78, 5) is 16.5. The number of anilines is 2. The van der Waals surface area contributed by atoms with Gasteiger partial charge in [0.15, 0.2) is 5.69 Å². The number of halogens is 4. The van der Waals surface area contributed by atoms with Crippen LogP contribution < -0.4 is 10.6 Å².